The number of allylic oxidation sites excluding steroid dienone is 6. The van der Waals surface area contributed by atoms with Crippen LogP contribution in [0.1, 0.15) is 27.7 Å². The van der Waals surface area contributed by atoms with E-state index < -0.39 is 0 Å². The molecule has 0 aromatic rings. The molecule has 0 aromatic carbocycles. The molecule has 0 N–H and O–H groups in total. The smallest absolute Gasteiger partial charge is 0.173 e. The molecule has 0 saturated heterocycles. The van der Waals surface area contributed by atoms with Crippen LogP contribution in [0.3, 0.4) is 0 Å². The minimum absolute atomic E-state index is 0.0593. The summed E-state index contributed by atoms with van der Waals surface area (Å²) in [6, 6.07) is 0. The summed E-state index contributed by atoms with van der Waals surface area (Å²) < 4.78 is 0. The lowest BCUT2D eigenvalue weighted by atomic mass is 9.87. The second-order valence-electron chi connectivity index (χ2n) is 5.11. The van der Waals surface area contributed by atoms with Crippen LogP contribution >= 0.6 is 15.9 Å². The predicted octanol–water partition coefficient (Wildman–Crippen LogP) is 4.06. The van der Waals surface area contributed by atoms with Gasteiger partial charge in [0.05, 0.1) is 5.33 Å². The van der Waals surface area contributed by atoms with Crippen LogP contribution in [-0.4, -0.2) is 11.1 Å². The molecule has 1 aliphatic carbocycles. The molecular weight excluding hydrogens is 264 g/mol. The van der Waals surface area contributed by atoms with Crippen molar-refractivity contribution in [3.8, 4) is 0 Å². The monoisotopic (exact) mass is 282 g/mol. The van der Waals surface area contributed by atoms with E-state index in [0.717, 1.165) is 5.57 Å². The largest absolute Gasteiger partial charge is 0.293 e. The Kier molecular flexibility index (Phi) is 4.31. The molecule has 0 atom stereocenters. The molecule has 88 valence electrons. The fourth-order valence-electron chi connectivity index (χ4n) is 1.76. The van der Waals surface area contributed by atoms with E-state index in [9.17, 15) is 4.79 Å². The summed E-state index contributed by atoms with van der Waals surface area (Å²) in [7, 11) is 0. The van der Waals surface area contributed by atoms with Gasteiger partial charge in [-0.1, -0.05) is 67.9 Å². The van der Waals surface area contributed by atoms with Crippen molar-refractivity contribution in [1.29, 1.82) is 0 Å². The topological polar surface area (TPSA) is 17.1 Å². The van der Waals surface area contributed by atoms with Gasteiger partial charge < -0.3 is 0 Å². The van der Waals surface area contributed by atoms with E-state index in [1.54, 1.807) is 0 Å². The van der Waals surface area contributed by atoms with Gasteiger partial charge in [0.2, 0.25) is 0 Å². The van der Waals surface area contributed by atoms with Crippen LogP contribution in [0.25, 0.3) is 0 Å². The third kappa shape index (κ3) is 3.44. The molecule has 2 heteroatoms. The maximum atomic E-state index is 11.7. The van der Waals surface area contributed by atoms with Gasteiger partial charge in [0.15, 0.2) is 5.78 Å². The number of ketones is 1. The number of halogens is 1. The van der Waals surface area contributed by atoms with Gasteiger partial charge in [-0.15, -0.1) is 0 Å². The zero-order chi connectivity index (χ0) is 12.3. The molecule has 0 unspecified atom stereocenters. The highest BCUT2D eigenvalue weighted by atomic mass is 79.9. The molecule has 0 fully saturated rings. The van der Waals surface area contributed by atoms with Crippen molar-refractivity contribution in [2.24, 2.45) is 11.3 Å². The molecule has 0 aromatic heterocycles. The molecule has 1 rings (SSSR count). The van der Waals surface area contributed by atoms with Crippen LogP contribution in [0, 0.1) is 11.3 Å². The van der Waals surface area contributed by atoms with Crippen LogP contribution in [0.2, 0.25) is 0 Å². The van der Waals surface area contributed by atoms with E-state index in [-0.39, 0.29) is 11.2 Å². The Labute approximate surface area is 106 Å². The van der Waals surface area contributed by atoms with E-state index in [1.165, 1.54) is 5.57 Å². The number of alkyl halides is 1. The first-order chi connectivity index (χ1) is 7.35. The van der Waals surface area contributed by atoms with Gasteiger partial charge in [0, 0.05) is 11.0 Å². The van der Waals surface area contributed by atoms with E-state index in [2.05, 4.69) is 55.8 Å². The summed E-state index contributed by atoms with van der Waals surface area (Å²) in [6.45, 7) is 8.60. The van der Waals surface area contributed by atoms with Crippen LogP contribution in [-0.2, 0) is 4.79 Å². The maximum absolute atomic E-state index is 11.7. The van der Waals surface area contributed by atoms with E-state index in [4.69, 9.17) is 0 Å². The summed E-state index contributed by atoms with van der Waals surface area (Å²) >= 11 is 3.22. The molecule has 0 saturated carbocycles. The fourth-order valence-corrected chi connectivity index (χ4v) is 2.09. The number of rotatable bonds is 3. The number of carbonyl (C=O) groups is 1. The van der Waals surface area contributed by atoms with Gasteiger partial charge in [-0.25, -0.2) is 0 Å². The molecule has 1 aliphatic rings. The predicted molar refractivity (Wildman–Crippen MR) is 72.7 cm³/mol. The number of carbonyl (C=O) groups excluding carboxylic acids is 1. The number of hydrogen-bond donors (Lipinski definition) is 0. The summed E-state index contributed by atoms with van der Waals surface area (Å²) in [5, 5.41) is 0.385. The van der Waals surface area contributed by atoms with Crippen molar-refractivity contribution in [2.45, 2.75) is 27.7 Å². The summed E-state index contributed by atoms with van der Waals surface area (Å²) in [4.78, 5) is 11.7. The fraction of sp³-hybridized carbons (Fsp3) is 0.500. The quantitative estimate of drug-likeness (QED) is 0.714. The summed E-state index contributed by atoms with van der Waals surface area (Å²) in [5.74, 6) is 0.630. The average molecular weight is 283 g/mol. The summed E-state index contributed by atoms with van der Waals surface area (Å²) in [5.41, 5.74) is 2.03. The second-order valence-corrected chi connectivity index (χ2v) is 5.67. The van der Waals surface area contributed by atoms with Crippen molar-refractivity contribution >= 4 is 21.7 Å². The lowest BCUT2D eigenvalue weighted by Gasteiger charge is -2.17. The first-order valence-electron chi connectivity index (χ1n) is 5.58. The minimum atomic E-state index is -0.0593. The lowest BCUT2D eigenvalue weighted by molar-refractivity contribution is -0.112. The van der Waals surface area contributed by atoms with Gasteiger partial charge in [0.1, 0.15) is 0 Å². The zero-order valence-electron chi connectivity index (χ0n) is 10.4. The van der Waals surface area contributed by atoms with Crippen LogP contribution in [0.5, 0.6) is 0 Å². The van der Waals surface area contributed by atoms with Crippen molar-refractivity contribution in [2.75, 3.05) is 5.33 Å². The highest BCUT2D eigenvalue weighted by molar-refractivity contribution is 9.09. The molecule has 0 aliphatic heterocycles. The zero-order valence-corrected chi connectivity index (χ0v) is 12.0. The van der Waals surface area contributed by atoms with Gasteiger partial charge in [-0.2, -0.15) is 0 Å². The molecule has 0 amide bonds. The summed E-state index contributed by atoms with van der Waals surface area (Å²) in [6.07, 6.45) is 8.28. The molecule has 0 heterocycles. The lowest BCUT2D eigenvalue weighted by Crippen LogP contribution is -2.09. The molecule has 0 radical (unpaired) electrons. The Balaban J connectivity index is 3.10. The van der Waals surface area contributed by atoms with E-state index in [1.807, 2.05) is 12.2 Å². The Morgan fingerprint density at radius 3 is 2.44 bits per heavy atom. The third-order valence-electron chi connectivity index (χ3n) is 2.63. The maximum Gasteiger partial charge on any atom is 0.173 e. The van der Waals surface area contributed by atoms with Gasteiger partial charge >= 0.3 is 0 Å². The number of hydrogen-bond acceptors (Lipinski definition) is 1. The van der Waals surface area contributed by atoms with Gasteiger partial charge in [-0.3, -0.25) is 4.79 Å². The average Bonchev–Trinajstić information content (AvgIpc) is 2.35. The number of Topliss-reactive ketones (excluding diaryl/α,β-unsaturated/α-hetero) is 1. The highest BCUT2D eigenvalue weighted by Crippen LogP contribution is 2.29. The Morgan fingerprint density at radius 1 is 1.31 bits per heavy atom. The van der Waals surface area contributed by atoms with Crippen molar-refractivity contribution < 1.29 is 4.79 Å². The Morgan fingerprint density at radius 2 is 1.94 bits per heavy atom. The van der Waals surface area contributed by atoms with Gasteiger partial charge in [-0.05, 0) is 11.5 Å². The van der Waals surface area contributed by atoms with Crippen molar-refractivity contribution in [3.63, 3.8) is 0 Å². The molecule has 1 nitrogen and oxygen atoms in total. The minimum Gasteiger partial charge on any atom is -0.293 e. The molecular formula is C14H19BrO. The molecule has 0 bridgehead atoms. The van der Waals surface area contributed by atoms with Crippen LogP contribution in [0.4, 0.5) is 0 Å². The first kappa shape index (κ1) is 13.4. The first-order valence-corrected chi connectivity index (χ1v) is 6.71. The van der Waals surface area contributed by atoms with Crippen molar-refractivity contribution in [1.82, 2.24) is 0 Å². The molecule has 0 spiro atoms. The Hall–Kier alpha value is -0.630. The second kappa shape index (κ2) is 5.13. The third-order valence-corrected chi connectivity index (χ3v) is 3.14. The highest BCUT2D eigenvalue weighted by Gasteiger charge is 2.19. The normalized spacial score (nSPS) is 19.1. The van der Waals surface area contributed by atoms with Crippen LogP contribution in [0.15, 0.2) is 35.5 Å². The van der Waals surface area contributed by atoms with Crippen LogP contribution < -0.4 is 0 Å². The van der Waals surface area contributed by atoms with E-state index >= 15 is 0 Å². The standard InChI is InChI=1S/C14H19BrO/c1-10(2)11-5-6-12(13(16)9-15)8-14(3,4)7-11/h5-8,10H,9H2,1-4H3. The van der Waals surface area contributed by atoms with E-state index in [0.29, 0.717) is 11.2 Å². The Bertz CT molecular complexity index is 370. The molecule has 16 heavy (non-hydrogen) atoms. The van der Waals surface area contributed by atoms with Crippen molar-refractivity contribution in [3.05, 3.63) is 35.5 Å². The SMILES string of the molecule is CC(C)C1=CC(C)(C)C=C(C(=O)CBr)C=C1. The van der Waals surface area contributed by atoms with Gasteiger partial charge in [0.25, 0.3) is 0 Å².